The van der Waals surface area contributed by atoms with E-state index in [1.54, 1.807) is 12.1 Å². The number of hydrogen-bond acceptors (Lipinski definition) is 2. The molecule has 1 saturated carbocycles. The van der Waals surface area contributed by atoms with Crippen LogP contribution < -0.4 is 0 Å². The minimum absolute atomic E-state index is 0.167. The van der Waals surface area contributed by atoms with Crippen LogP contribution in [-0.4, -0.2) is 47.9 Å². The fourth-order valence-corrected chi connectivity index (χ4v) is 4.10. The van der Waals surface area contributed by atoms with Crippen molar-refractivity contribution in [2.45, 2.75) is 50.6 Å². The smallest absolute Gasteiger partial charge is 0.227 e. The number of halogens is 2. The quantitative estimate of drug-likeness (QED) is 0.815. The average molecular weight is 355 g/mol. The molecule has 1 amide bonds. The zero-order valence-electron chi connectivity index (χ0n) is 13.6. The lowest BCUT2D eigenvalue weighted by Gasteiger charge is -2.47. The summed E-state index contributed by atoms with van der Waals surface area (Å²) in [5.74, 6) is 0.167. The van der Waals surface area contributed by atoms with E-state index in [2.05, 4.69) is 4.90 Å². The van der Waals surface area contributed by atoms with Crippen LogP contribution in [0.3, 0.4) is 0 Å². The first-order valence-electron chi connectivity index (χ1n) is 8.50. The van der Waals surface area contributed by atoms with Gasteiger partial charge in [0, 0.05) is 19.1 Å². The van der Waals surface area contributed by atoms with Crippen LogP contribution in [0.5, 0.6) is 0 Å². The molecule has 1 aromatic carbocycles. The molecular formula is C18H24Cl2N2O. The van der Waals surface area contributed by atoms with Gasteiger partial charge in [0.05, 0.1) is 16.5 Å². The molecule has 1 aliphatic carbocycles. The van der Waals surface area contributed by atoms with Crippen molar-refractivity contribution in [1.82, 2.24) is 9.80 Å². The summed E-state index contributed by atoms with van der Waals surface area (Å²) in [5, 5.41) is 1.04. The maximum absolute atomic E-state index is 12.7. The monoisotopic (exact) mass is 354 g/mol. The first kappa shape index (κ1) is 17.1. The van der Waals surface area contributed by atoms with Crippen LogP contribution in [0, 0.1) is 0 Å². The van der Waals surface area contributed by atoms with E-state index in [9.17, 15) is 4.79 Å². The minimum Gasteiger partial charge on any atom is -0.341 e. The number of nitrogens with zero attached hydrogens (tertiary/aromatic N) is 2. The second-order valence-corrected chi connectivity index (χ2v) is 7.55. The molecule has 0 N–H and O–H groups in total. The van der Waals surface area contributed by atoms with Gasteiger partial charge in [-0.25, -0.2) is 0 Å². The first-order chi connectivity index (χ1) is 11.1. The molecule has 23 heavy (non-hydrogen) atoms. The normalized spacial score (nSPS) is 25.0. The minimum atomic E-state index is 0.167. The summed E-state index contributed by atoms with van der Waals surface area (Å²) in [7, 11) is 1.96. The Morgan fingerprint density at radius 3 is 2.57 bits per heavy atom. The maximum atomic E-state index is 12.7. The molecule has 0 aromatic heterocycles. The van der Waals surface area contributed by atoms with Gasteiger partial charge in [0.2, 0.25) is 5.91 Å². The van der Waals surface area contributed by atoms with Gasteiger partial charge in [-0.05, 0) is 50.0 Å². The third kappa shape index (κ3) is 3.84. The largest absolute Gasteiger partial charge is 0.341 e. The van der Waals surface area contributed by atoms with Crippen LogP contribution in [0.15, 0.2) is 18.2 Å². The number of benzene rings is 1. The van der Waals surface area contributed by atoms with Crippen molar-refractivity contribution in [3.63, 3.8) is 0 Å². The zero-order chi connectivity index (χ0) is 16.4. The van der Waals surface area contributed by atoms with Crippen molar-refractivity contribution in [2.75, 3.05) is 20.1 Å². The topological polar surface area (TPSA) is 23.6 Å². The van der Waals surface area contributed by atoms with Gasteiger partial charge in [-0.3, -0.25) is 9.69 Å². The number of rotatable bonds is 4. The lowest BCUT2D eigenvalue weighted by atomic mass is 9.86. The molecule has 1 aliphatic heterocycles. The van der Waals surface area contributed by atoms with Crippen LogP contribution in [0.2, 0.25) is 10.0 Å². The highest BCUT2D eigenvalue weighted by molar-refractivity contribution is 6.42. The molecule has 3 nitrogen and oxygen atoms in total. The molecule has 3 rings (SSSR count). The second-order valence-electron chi connectivity index (χ2n) is 6.74. The Bertz CT molecular complexity index is 574. The SMILES string of the molecule is CN(C(=O)Cc1ccc(Cl)c(Cl)c1)C1CCCCC1N1CCC1. The van der Waals surface area contributed by atoms with E-state index >= 15 is 0 Å². The Morgan fingerprint density at radius 1 is 1.17 bits per heavy atom. The lowest BCUT2D eigenvalue weighted by Crippen LogP contribution is -2.57. The van der Waals surface area contributed by atoms with Crippen molar-refractivity contribution >= 4 is 29.1 Å². The fraction of sp³-hybridized carbons (Fsp3) is 0.611. The van der Waals surface area contributed by atoms with Gasteiger partial charge >= 0.3 is 0 Å². The zero-order valence-corrected chi connectivity index (χ0v) is 15.1. The highest BCUT2D eigenvalue weighted by Crippen LogP contribution is 2.30. The van der Waals surface area contributed by atoms with Gasteiger partial charge in [0.1, 0.15) is 0 Å². The summed E-state index contributed by atoms with van der Waals surface area (Å²) in [6.45, 7) is 2.38. The van der Waals surface area contributed by atoms with Crippen molar-refractivity contribution in [3.05, 3.63) is 33.8 Å². The standard InChI is InChI=1S/C18H24Cl2N2O/c1-21(16-5-2-3-6-17(16)22-9-4-10-22)18(23)12-13-7-8-14(19)15(20)11-13/h7-8,11,16-17H,2-6,9-10,12H2,1H3. The Balaban J connectivity index is 1.66. The van der Waals surface area contributed by atoms with Crippen LogP contribution in [0.1, 0.15) is 37.7 Å². The summed E-state index contributed by atoms with van der Waals surface area (Å²) in [6, 6.07) is 6.33. The van der Waals surface area contributed by atoms with E-state index in [4.69, 9.17) is 23.2 Å². The third-order valence-corrected chi connectivity index (χ3v) is 6.02. The van der Waals surface area contributed by atoms with Gasteiger partial charge < -0.3 is 4.90 Å². The van der Waals surface area contributed by atoms with E-state index in [0.29, 0.717) is 28.5 Å². The summed E-state index contributed by atoms with van der Waals surface area (Å²) >= 11 is 12.0. The van der Waals surface area contributed by atoms with Crippen LogP contribution >= 0.6 is 23.2 Å². The maximum Gasteiger partial charge on any atom is 0.227 e. The molecule has 126 valence electrons. The molecule has 2 unspecified atom stereocenters. The van der Waals surface area contributed by atoms with Crippen molar-refractivity contribution < 1.29 is 4.79 Å². The van der Waals surface area contributed by atoms with E-state index in [0.717, 1.165) is 12.0 Å². The number of carbonyl (C=O) groups is 1. The fourth-order valence-electron chi connectivity index (χ4n) is 3.78. The Labute approximate surface area is 148 Å². The van der Waals surface area contributed by atoms with Crippen LogP contribution in [0.4, 0.5) is 0 Å². The van der Waals surface area contributed by atoms with Gasteiger partial charge in [0.15, 0.2) is 0 Å². The molecule has 0 spiro atoms. The summed E-state index contributed by atoms with van der Waals surface area (Å²) < 4.78 is 0. The molecule has 1 saturated heterocycles. The van der Waals surface area contributed by atoms with Crippen LogP contribution in [0.25, 0.3) is 0 Å². The third-order valence-electron chi connectivity index (χ3n) is 5.28. The van der Waals surface area contributed by atoms with Gasteiger partial charge in [-0.15, -0.1) is 0 Å². The molecule has 5 heteroatoms. The van der Waals surface area contributed by atoms with E-state index < -0.39 is 0 Å². The van der Waals surface area contributed by atoms with E-state index in [-0.39, 0.29) is 5.91 Å². The summed E-state index contributed by atoms with van der Waals surface area (Å²) in [6.07, 6.45) is 6.52. The molecule has 2 atom stereocenters. The number of hydrogen-bond donors (Lipinski definition) is 0. The number of amides is 1. The predicted octanol–water partition coefficient (Wildman–Crippen LogP) is 4.01. The second kappa shape index (κ2) is 7.42. The summed E-state index contributed by atoms with van der Waals surface area (Å²) in [5.41, 5.74) is 0.924. The van der Waals surface area contributed by atoms with E-state index in [1.807, 2.05) is 18.0 Å². The lowest BCUT2D eigenvalue weighted by molar-refractivity contribution is -0.134. The Kier molecular flexibility index (Phi) is 5.50. The van der Waals surface area contributed by atoms with Gasteiger partial charge in [-0.2, -0.15) is 0 Å². The van der Waals surface area contributed by atoms with Crippen LogP contribution in [-0.2, 0) is 11.2 Å². The number of likely N-dealkylation sites (tertiary alicyclic amines) is 1. The highest BCUT2D eigenvalue weighted by Gasteiger charge is 2.36. The molecule has 2 aliphatic rings. The number of carbonyl (C=O) groups excluding carboxylic acids is 1. The molecule has 1 aromatic rings. The Morgan fingerprint density at radius 2 is 1.91 bits per heavy atom. The molecular weight excluding hydrogens is 331 g/mol. The van der Waals surface area contributed by atoms with Crippen molar-refractivity contribution in [1.29, 1.82) is 0 Å². The first-order valence-corrected chi connectivity index (χ1v) is 9.25. The van der Waals surface area contributed by atoms with E-state index in [1.165, 1.54) is 38.8 Å². The predicted molar refractivity (Wildman–Crippen MR) is 95.2 cm³/mol. The molecule has 1 heterocycles. The number of likely N-dealkylation sites (N-methyl/N-ethyl adjacent to an activating group) is 1. The molecule has 0 radical (unpaired) electrons. The van der Waals surface area contributed by atoms with Gasteiger partial charge in [0.25, 0.3) is 0 Å². The van der Waals surface area contributed by atoms with Gasteiger partial charge in [-0.1, -0.05) is 42.1 Å². The molecule has 0 bridgehead atoms. The Hall–Kier alpha value is -0.770. The van der Waals surface area contributed by atoms with Crippen molar-refractivity contribution in [3.8, 4) is 0 Å². The highest BCUT2D eigenvalue weighted by atomic mass is 35.5. The molecule has 2 fully saturated rings. The average Bonchev–Trinajstić information content (AvgIpc) is 2.49. The summed E-state index contributed by atoms with van der Waals surface area (Å²) in [4.78, 5) is 17.2. The van der Waals surface area contributed by atoms with Crippen molar-refractivity contribution in [2.24, 2.45) is 0 Å².